The van der Waals surface area contributed by atoms with Gasteiger partial charge in [-0.1, -0.05) is 5.16 Å². The molecule has 0 fully saturated rings. The first-order valence-corrected chi connectivity index (χ1v) is 5.30. The Hall–Kier alpha value is -2.38. The number of methoxy groups -OCH3 is 1. The van der Waals surface area contributed by atoms with E-state index in [1.54, 1.807) is 11.5 Å². The van der Waals surface area contributed by atoms with E-state index in [1.165, 1.54) is 13.4 Å². The highest BCUT2D eigenvalue weighted by Gasteiger charge is 2.19. The SMILES string of the molecule is COC(=O)c1nc(C)n(CCc2ncno2)c1N. The number of carbonyl (C=O) groups excluding carboxylic acids is 1. The first kappa shape index (κ1) is 12.1. The van der Waals surface area contributed by atoms with Gasteiger partial charge in [-0.05, 0) is 6.92 Å². The van der Waals surface area contributed by atoms with Crippen LogP contribution in [0, 0.1) is 6.92 Å². The van der Waals surface area contributed by atoms with E-state index in [4.69, 9.17) is 10.3 Å². The third-order valence-electron chi connectivity index (χ3n) is 2.53. The molecule has 0 aromatic carbocycles. The standard InChI is InChI=1S/C10H13N5O3/c1-6-14-8(10(16)17-2)9(11)15(6)4-3-7-12-5-13-18-7/h5H,3-4,11H2,1-2H3. The highest BCUT2D eigenvalue weighted by molar-refractivity contribution is 5.92. The van der Waals surface area contributed by atoms with Crippen molar-refractivity contribution in [2.75, 3.05) is 12.8 Å². The second-order valence-electron chi connectivity index (χ2n) is 3.62. The Kier molecular flexibility index (Phi) is 3.26. The number of carbonyl (C=O) groups is 1. The van der Waals surface area contributed by atoms with Gasteiger partial charge in [0.1, 0.15) is 11.6 Å². The third-order valence-corrected chi connectivity index (χ3v) is 2.53. The molecule has 0 bridgehead atoms. The van der Waals surface area contributed by atoms with Crippen molar-refractivity contribution >= 4 is 11.8 Å². The van der Waals surface area contributed by atoms with Gasteiger partial charge in [-0.2, -0.15) is 4.98 Å². The van der Waals surface area contributed by atoms with Crippen LogP contribution in [0.25, 0.3) is 0 Å². The number of aromatic nitrogens is 4. The number of rotatable bonds is 4. The molecule has 8 heteroatoms. The van der Waals surface area contributed by atoms with Gasteiger partial charge in [0, 0.05) is 13.0 Å². The summed E-state index contributed by atoms with van der Waals surface area (Å²) >= 11 is 0. The van der Waals surface area contributed by atoms with E-state index < -0.39 is 5.97 Å². The lowest BCUT2D eigenvalue weighted by Gasteiger charge is -2.05. The molecule has 0 unspecified atom stereocenters. The van der Waals surface area contributed by atoms with Gasteiger partial charge in [0.25, 0.3) is 0 Å². The van der Waals surface area contributed by atoms with Gasteiger partial charge in [0.05, 0.1) is 7.11 Å². The first-order valence-electron chi connectivity index (χ1n) is 5.30. The van der Waals surface area contributed by atoms with Crippen LogP contribution in [0.5, 0.6) is 0 Å². The largest absolute Gasteiger partial charge is 0.464 e. The summed E-state index contributed by atoms with van der Waals surface area (Å²) in [7, 11) is 1.29. The van der Waals surface area contributed by atoms with Gasteiger partial charge in [0.15, 0.2) is 12.0 Å². The van der Waals surface area contributed by atoms with Crippen molar-refractivity contribution in [3.63, 3.8) is 0 Å². The van der Waals surface area contributed by atoms with Crippen molar-refractivity contribution in [2.45, 2.75) is 19.9 Å². The molecule has 0 amide bonds. The fraction of sp³-hybridized carbons (Fsp3) is 0.400. The lowest BCUT2D eigenvalue weighted by Crippen LogP contribution is -2.10. The molecule has 0 atom stereocenters. The summed E-state index contributed by atoms with van der Waals surface area (Å²) in [5.41, 5.74) is 5.98. The maximum Gasteiger partial charge on any atom is 0.360 e. The van der Waals surface area contributed by atoms with Gasteiger partial charge in [-0.15, -0.1) is 0 Å². The van der Waals surface area contributed by atoms with Crippen LogP contribution in [0.1, 0.15) is 22.2 Å². The van der Waals surface area contributed by atoms with E-state index in [1.807, 2.05) is 0 Å². The first-order chi connectivity index (χ1) is 8.63. The zero-order chi connectivity index (χ0) is 13.1. The zero-order valence-corrected chi connectivity index (χ0v) is 10.1. The van der Waals surface area contributed by atoms with Crippen LogP contribution in [0.3, 0.4) is 0 Å². The Balaban J connectivity index is 2.18. The molecule has 0 aliphatic heterocycles. The smallest absolute Gasteiger partial charge is 0.360 e. The number of ether oxygens (including phenoxy) is 1. The van der Waals surface area contributed by atoms with Crippen molar-refractivity contribution in [2.24, 2.45) is 0 Å². The van der Waals surface area contributed by atoms with Crippen LogP contribution < -0.4 is 5.73 Å². The van der Waals surface area contributed by atoms with Crippen molar-refractivity contribution < 1.29 is 14.1 Å². The van der Waals surface area contributed by atoms with E-state index in [9.17, 15) is 4.79 Å². The Morgan fingerprint density at radius 2 is 2.39 bits per heavy atom. The van der Waals surface area contributed by atoms with Crippen LogP contribution in [-0.4, -0.2) is 32.8 Å². The molecule has 0 aliphatic carbocycles. The number of nitrogens with two attached hydrogens (primary N) is 1. The average Bonchev–Trinajstić information content (AvgIpc) is 2.96. The second-order valence-corrected chi connectivity index (χ2v) is 3.62. The summed E-state index contributed by atoms with van der Waals surface area (Å²) in [5.74, 6) is 0.862. The third kappa shape index (κ3) is 2.17. The number of hydrogen-bond donors (Lipinski definition) is 1. The normalized spacial score (nSPS) is 10.6. The Labute approximate surface area is 103 Å². The number of hydrogen-bond acceptors (Lipinski definition) is 7. The van der Waals surface area contributed by atoms with Crippen LogP contribution in [0.2, 0.25) is 0 Å². The number of esters is 1. The average molecular weight is 251 g/mol. The number of imidazole rings is 1. The van der Waals surface area contributed by atoms with E-state index in [-0.39, 0.29) is 11.5 Å². The van der Waals surface area contributed by atoms with E-state index >= 15 is 0 Å². The molecule has 0 saturated heterocycles. The minimum absolute atomic E-state index is 0.125. The van der Waals surface area contributed by atoms with Gasteiger partial charge in [-0.25, -0.2) is 9.78 Å². The van der Waals surface area contributed by atoms with Crippen molar-refractivity contribution in [3.05, 3.63) is 23.7 Å². The summed E-state index contributed by atoms with van der Waals surface area (Å²) in [6.07, 6.45) is 1.85. The predicted octanol–water partition coefficient (Wildman–Crippen LogP) is 0.186. The summed E-state index contributed by atoms with van der Waals surface area (Å²) in [5, 5.41) is 3.51. The highest BCUT2D eigenvalue weighted by Crippen LogP contribution is 2.15. The molecule has 2 aromatic heterocycles. The van der Waals surface area contributed by atoms with Crippen LogP contribution in [0.4, 0.5) is 5.82 Å². The molecule has 18 heavy (non-hydrogen) atoms. The lowest BCUT2D eigenvalue weighted by atomic mass is 10.4. The minimum Gasteiger partial charge on any atom is -0.464 e. The number of nitrogen functional groups attached to an aromatic ring is 1. The maximum absolute atomic E-state index is 11.4. The Morgan fingerprint density at radius 3 is 3.00 bits per heavy atom. The van der Waals surface area contributed by atoms with E-state index in [2.05, 4.69) is 19.9 Å². The summed E-state index contributed by atoms with van der Waals surface area (Å²) < 4.78 is 11.2. The quantitative estimate of drug-likeness (QED) is 0.772. The topological polar surface area (TPSA) is 109 Å². The molecule has 8 nitrogen and oxygen atoms in total. The van der Waals surface area contributed by atoms with Crippen molar-refractivity contribution in [3.8, 4) is 0 Å². The fourth-order valence-corrected chi connectivity index (χ4v) is 1.62. The second kappa shape index (κ2) is 4.86. The molecule has 0 aliphatic rings. The van der Waals surface area contributed by atoms with Gasteiger partial charge in [-0.3, -0.25) is 0 Å². The highest BCUT2D eigenvalue weighted by atomic mass is 16.5. The predicted molar refractivity (Wildman–Crippen MR) is 60.7 cm³/mol. The Bertz CT molecular complexity index is 546. The van der Waals surface area contributed by atoms with Crippen molar-refractivity contribution in [1.82, 2.24) is 19.7 Å². The van der Waals surface area contributed by atoms with Gasteiger partial charge in [0.2, 0.25) is 5.89 Å². The van der Waals surface area contributed by atoms with Crippen molar-refractivity contribution in [1.29, 1.82) is 0 Å². The molecule has 2 rings (SSSR count). The molecule has 96 valence electrons. The zero-order valence-electron chi connectivity index (χ0n) is 10.1. The summed E-state index contributed by atoms with van der Waals surface area (Å²) in [6.45, 7) is 2.26. The summed E-state index contributed by atoms with van der Waals surface area (Å²) in [4.78, 5) is 19.4. The maximum atomic E-state index is 11.4. The van der Waals surface area contributed by atoms with Crippen LogP contribution in [-0.2, 0) is 17.7 Å². The molecular formula is C10H13N5O3. The molecule has 0 spiro atoms. The van der Waals surface area contributed by atoms with E-state index in [0.717, 1.165) is 0 Å². The number of nitrogens with zero attached hydrogens (tertiary/aromatic N) is 4. The fourth-order valence-electron chi connectivity index (χ4n) is 1.62. The lowest BCUT2D eigenvalue weighted by molar-refractivity contribution is 0.0595. The van der Waals surface area contributed by atoms with E-state index in [0.29, 0.717) is 24.7 Å². The summed E-state index contributed by atoms with van der Waals surface area (Å²) in [6, 6.07) is 0. The van der Waals surface area contributed by atoms with Gasteiger partial charge >= 0.3 is 5.97 Å². The molecule has 0 radical (unpaired) electrons. The molecule has 2 aromatic rings. The molecule has 2 heterocycles. The van der Waals surface area contributed by atoms with Crippen LogP contribution >= 0.6 is 0 Å². The number of aryl methyl sites for hydroxylation is 2. The number of anilines is 1. The molecule has 0 saturated carbocycles. The van der Waals surface area contributed by atoms with Gasteiger partial charge < -0.3 is 19.6 Å². The Morgan fingerprint density at radius 1 is 1.61 bits per heavy atom. The van der Waals surface area contributed by atoms with Crippen LogP contribution in [0.15, 0.2) is 10.9 Å². The molecule has 2 N–H and O–H groups in total. The minimum atomic E-state index is -0.549. The molecular weight excluding hydrogens is 238 g/mol. The monoisotopic (exact) mass is 251 g/mol.